The molecule has 1 aromatic carbocycles. The summed E-state index contributed by atoms with van der Waals surface area (Å²) in [5, 5.41) is 3.42. The number of nitrogens with zero attached hydrogens (tertiary/aromatic N) is 1. The monoisotopic (exact) mass is 260 g/mol. The lowest BCUT2D eigenvalue weighted by atomic mass is 10.0. The van der Waals surface area contributed by atoms with Crippen molar-refractivity contribution in [1.82, 2.24) is 10.2 Å². The molecule has 1 fully saturated rings. The Labute approximate surface area is 116 Å². The molecule has 1 aliphatic heterocycles. The van der Waals surface area contributed by atoms with E-state index in [1.54, 1.807) is 0 Å². The molecule has 0 aromatic heterocycles. The van der Waals surface area contributed by atoms with Crippen molar-refractivity contribution in [3.8, 4) is 0 Å². The van der Waals surface area contributed by atoms with Gasteiger partial charge in [0.2, 0.25) is 5.91 Å². The third-order valence-corrected chi connectivity index (χ3v) is 3.95. The molecule has 3 unspecified atom stereocenters. The number of carbonyl (C=O) groups is 1. The van der Waals surface area contributed by atoms with Crippen LogP contribution in [0.25, 0.3) is 0 Å². The van der Waals surface area contributed by atoms with Crippen molar-refractivity contribution in [1.29, 1.82) is 0 Å². The fourth-order valence-electron chi connectivity index (χ4n) is 2.99. The maximum atomic E-state index is 12.7. The summed E-state index contributed by atoms with van der Waals surface area (Å²) >= 11 is 0. The summed E-state index contributed by atoms with van der Waals surface area (Å²) in [6.45, 7) is 6.42. The van der Waals surface area contributed by atoms with E-state index in [2.05, 4.69) is 26.1 Å². The van der Waals surface area contributed by atoms with E-state index in [1.165, 1.54) is 0 Å². The summed E-state index contributed by atoms with van der Waals surface area (Å²) in [7, 11) is 0. The fraction of sp³-hybridized carbons (Fsp3) is 0.562. The van der Waals surface area contributed by atoms with Crippen LogP contribution >= 0.6 is 0 Å². The number of hydrogen-bond donors (Lipinski definition) is 1. The first kappa shape index (κ1) is 14.1. The Kier molecular flexibility index (Phi) is 4.59. The van der Waals surface area contributed by atoms with Crippen LogP contribution in [0.2, 0.25) is 0 Å². The van der Waals surface area contributed by atoms with Crippen LogP contribution in [0.3, 0.4) is 0 Å². The molecular weight excluding hydrogens is 236 g/mol. The van der Waals surface area contributed by atoms with Crippen LogP contribution in [0.4, 0.5) is 0 Å². The zero-order valence-electron chi connectivity index (χ0n) is 12.1. The SMILES string of the molecule is CCCC(CC)N1C(=O)C(c2ccccc2)NC1C. The molecule has 2 rings (SSSR count). The molecule has 0 radical (unpaired) electrons. The van der Waals surface area contributed by atoms with E-state index < -0.39 is 0 Å². The van der Waals surface area contributed by atoms with E-state index in [1.807, 2.05) is 35.2 Å². The van der Waals surface area contributed by atoms with Gasteiger partial charge < -0.3 is 4.90 Å². The van der Waals surface area contributed by atoms with Gasteiger partial charge >= 0.3 is 0 Å². The van der Waals surface area contributed by atoms with Crippen LogP contribution in [-0.2, 0) is 4.79 Å². The average molecular weight is 260 g/mol. The van der Waals surface area contributed by atoms with Gasteiger partial charge in [0.15, 0.2) is 0 Å². The van der Waals surface area contributed by atoms with E-state index in [0.717, 1.165) is 24.8 Å². The van der Waals surface area contributed by atoms with Crippen molar-refractivity contribution in [2.45, 2.75) is 58.3 Å². The maximum Gasteiger partial charge on any atom is 0.245 e. The number of nitrogens with one attached hydrogen (secondary N) is 1. The summed E-state index contributed by atoms with van der Waals surface area (Å²) in [5.41, 5.74) is 1.06. The van der Waals surface area contributed by atoms with Crippen LogP contribution in [-0.4, -0.2) is 23.0 Å². The third-order valence-electron chi connectivity index (χ3n) is 3.95. The molecule has 19 heavy (non-hydrogen) atoms. The van der Waals surface area contributed by atoms with Crippen molar-refractivity contribution in [2.24, 2.45) is 0 Å². The molecule has 1 N–H and O–H groups in total. The number of carbonyl (C=O) groups excluding carboxylic acids is 1. The molecular formula is C16H24N2O. The highest BCUT2D eigenvalue weighted by Crippen LogP contribution is 2.27. The summed E-state index contributed by atoms with van der Waals surface area (Å²) in [5.74, 6) is 0.221. The molecule has 1 amide bonds. The molecule has 0 bridgehead atoms. The van der Waals surface area contributed by atoms with Crippen molar-refractivity contribution in [2.75, 3.05) is 0 Å². The van der Waals surface area contributed by atoms with Gasteiger partial charge in [0, 0.05) is 6.04 Å². The Morgan fingerprint density at radius 3 is 2.53 bits per heavy atom. The normalized spacial score (nSPS) is 24.8. The highest BCUT2D eigenvalue weighted by molar-refractivity contribution is 5.85. The lowest BCUT2D eigenvalue weighted by Gasteiger charge is -2.30. The van der Waals surface area contributed by atoms with Crippen molar-refractivity contribution in [3.63, 3.8) is 0 Å². The Bertz CT molecular complexity index is 418. The van der Waals surface area contributed by atoms with Gasteiger partial charge in [-0.1, -0.05) is 50.6 Å². The number of hydrogen-bond acceptors (Lipinski definition) is 2. The van der Waals surface area contributed by atoms with E-state index in [4.69, 9.17) is 0 Å². The second kappa shape index (κ2) is 6.20. The molecule has 1 aliphatic rings. The Hall–Kier alpha value is -1.35. The first-order valence-electron chi connectivity index (χ1n) is 7.32. The minimum Gasteiger partial charge on any atom is -0.323 e. The van der Waals surface area contributed by atoms with Gasteiger partial charge in [-0.05, 0) is 25.3 Å². The second-order valence-electron chi connectivity index (χ2n) is 5.28. The van der Waals surface area contributed by atoms with Gasteiger partial charge in [-0.3, -0.25) is 10.1 Å². The fourth-order valence-corrected chi connectivity index (χ4v) is 2.99. The first-order chi connectivity index (χ1) is 9.19. The predicted molar refractivity (Wildman–Crippen MR) is 77.6 cm³/mol. The zero-order chi connectivity index (χ0) is 13.8. The Morgan fingerprint density at radius 2 is 1.95 bits per heavy atom. The Balaban J connectivity index is 2.18. The second-order valence-corrected chi connectivity index (χ2v) is 5.28. The average Bonchev–Trinajstić information content (AvgIpc) is 2.73. The van der Waals surface area contributed by atoms with Crippen LogP contribution in [0.5, 0.6) is 0 Å². The van der Waals surface area contributed by atoms with Crippen molar-refractivity contribution < 1.29 is 4.79 Å². The minimum atomic E-state index is -0.179. The first-order valence-corrected chi connectivity index (χ1v) is 7.32. The molecule has 3 heteroatoms. The van der Waals surface area contributed by atoms with Gasteiger partial charge in [-0.2, -0.15) is 0 Å². The number of rotatable bonds is 5. The molecule has 3 nitrogen and oxygen atoms in total. The molecule has 1 saturated heterocycles. The quantitative estimate of drug-likeness (QED) is 0.882. The van der Waals surface area contributed by atoms with Crippen molar-refractivity contribution >= 4 is 5.91 Å². The van der Waals surface area contributed by atoms with Gasteiger partial charge in [-0.15, -0.1) is 0 Å². The highest BCUT2D eigenvalue weighted by Gasteiger charge is 2.40. The molecule has 0 saturated carbocycles. The van der Waals surface area contributed by atoms with Gasteiger partial charge in [0.05, 0.1) is 6.17 Å². The smallest absolute Gasteiger partial charge is 0.245 e. The summed E-state index contributed by atoms with van der Waals surface area (Å²) in [6, 6.07) is 10.2. The summed E-state index contributed by atoms with van der Waals surface area (Å²) in [6.07, 6.45) is 3.34. The summed E-state index contributed by atoms with van der Waals surface area (Å²) < 4.78 is 0. The topological polar surface area (TPSA) is 32.3 Å². The van der Waals surface area contributed by atoms with E-state index in [-0.39, 0.29) is 18.1 Å². The molecule has 3 atom stereocenters. The van der Waals surface area contributed by atoms with Crippen LogP contribution in [0, 0.1) is 0 Å². The third kappa shape index (κ3) is 2.81. The molecule has 1 aromatic rings. The number of amides is 1. The van der Waals surface area contributed by atoms with Gasteiger partial charge in [-0.25, -0.2) is 0 Å². The molecule has 104 valence electrons. The van der Waals surface area contributed by atoms with Crippen LogP contribution < -0.4 is 5.32 Å². The van der Waals surface area contributed by atoms with E-state index >= 15 is 0 Å². The highest BCUT2D eigenvalue weighted by atomic mass is 16.2. The van der Waals surface area contributed by atoms with Gasteiger partial charge in [0.1, 0.15) is 6.04 Å². The predicted octanol–water partition coefficient (Wildman–Crippen LogP) is 3.08. The lowest BCUT2D eigenvalue weighted by molar-refractivity contribution is -0.132. The maximum absolute atomic E-state index is 12.7. The van der Waals surface area contributed by atoms with E-state index in [9.17, 15) is 4.79 Å². The lowest BCUT2D eigenvalue weighted by Crippen LogP contribution is -2.42. The molecule has 1 heterocycles. The summed E-state index contributed by atoms with van der Waals surface area (Å²) in [4.78, 5) is 14.7. The van der Waals surface area contributed by atoms with Crippen molar-refractivity contribution in [3.05, 3.63) is 35.9 Å². The Morgan fingerprint density at radius 1 is 1.26 bits per heavy atom. The molecule has 0 spiro atoms. The number of benzene rings is 1. The minimum absolute atomic E-state index is 0.120. The largest absolute Gasteiger partial charge is 0.323 e. The zero-order valence-corrected chi connectivity index (χ0v) is 12.1. The molecule has 0 aliphatic carbocycles. The van der Waals surface area contributed by atoms with Crippen LogP contribution in [0.1, 0.15) is 51.6 Å². The standard InChI is InChI=1S/C16H24N2O/c1-4-9-14(5-2)18-12(3)17-15(16(18)19)13-10-7-6-8-11-13/h6-8,10-12,14-15,17H,4-5,9H2,1-3H3. The van der Waals surface area contributed by atoms with Gasteiger partial charge in [0.25, 0.3) is 0 Å². The van der Waals surface area contributed by atoms with Crippen LogP contribution in [0.15, 0.2) is 30.3 Å². The van der Waals surface area contributed by atoms with E-state index in [0.29, 0.717) is 6.04 Å².